The van der Waals surface area contributed by atoms with Gasteiger partial charge in [-0.2, -0.15) is 0 Å². The zero-order chi connectivity index (χ0) is 12.6. The molecular weight excluding hydrogens is 234 g/mol. The second-order valence-electron chi connectivity index (χ2n) is 4.23. The van der Waals surface area contributed by atoms with Crippen molar-refractivity contribution in [2.45, 2.75) is 20.8 Å². The predicted octanol–water partition coefficient (Wildman–Crippen LogP) is 3.87. The number of benzene rings is 1. The summed E-state index contributed by atoms with van der Waals surface area (Å²) in [6.07, 6.45) is 0.878. The highest BCUT2D eigenvalue weighted by Gasteiger charge is 2.12. The fraction of sp³-hybridized carbons (Fsp3) is 0.214. The normalized spacial score (nSPS) is 10.6. The minimum atomic E-state index is 0.690. The molecule has 0 atom stereocenters. The fourth-order valence-corrected chi connectivity index (χ4v) is 2.27. The molecule has 2 rings (SSSR count). The topological polar surface area (TPSA) is 22.0 Å². The molecule has 0 aliphatic heterocycles. The monoisotopic (exact) mass is 247 g/mol. The maximum Gasteiger partial charge on any atom is 0.151 e. The van der Waals surface area contributed by atoms with Crippen molar-refractivity contribution in [1.82, 2.24) is 4.57 Å². The number of nitrogens with zero attached hydrogens (tertiary/aromatic N) is 1. The standard InChI is InChI=1S/C14H14ClNO/c1-9-4-5-13(15)14(6-9)16-10(2)7-12(8-17)11(16)3/h4-8H,1-3H3. The van der Waals surface area contributed by atoms with Crippen LogP contribution < -0.4 is 0 Å². The Morgan fingerprint density at radius 3 is 2.47 bits per heavy atom. The van der Waals surface area contributed by atoms with Crippen LogP contribution in [0, 0.1) is 20.8 Å². The van der Waals surface area contributed by atoms with E-state index in [2.05, 4.69) is 0 Å². The van der Waals surface area contributed by atoms with Crippen molar-refractivity contribution >= 4 is 17.9 Å². The predicted molar refractivity (Wildman–Crippen MR) is 70.4 cm³/mol. The van der Waals surface area contributed by atoms with Crippen molar-refractivity contribution in [3.63, 3.8) is 0 Å². The number of rotatable bonds is 2. The number of carbonyl (C=O) groups is 1. The summed E-state index contributed by atoms with van der Waals surface area (Å²) in [4.78, 5) is 10.9. The lowest BCUT2D eigenvalue weighted by atomic mass is 10.2. The van der Waals surface area contributed by atoms with Crippen molar-refractivity contribution < 1.29 is 4.79 Å². The van der Waals surface area contributed by atoms with E-state index in [0.29, 0.717) is 10.6 Å². The van der Waals surface area contributed by atoms with Crippen LogP contribution in [0.3, 0.4) is 0 Å². The third-order valence-corrected chi connectivity index (χ3v) is 3.26. The number of aromatic nitrogens is 1. The van der Waals surface area contributed by atoms with E-state index in [4.69, 9.17) is 11.6 Å². The Bertz CT molecular complexity index is 584. The molecule has 0 saturated carbocycles. The highest BCUT2D eigenvalue weighted by molar-refractivity contribution is 6.32. The molecular formula is C14H14ClNO. The van der Waals surface area contributed by atoms with Gasteiger partial charge in [-0.1, -0.05) is 17.7 Å². The molecule has 0 amide bonds. The molecule has 2 nitrogen and oxygen atoms in total. The minimum Gasteiger partial charge on any atom is -0.316 e. The van der Waals surface area contributed by atoms with Crippen LogP contribution in [0.5, 0.6) is 0 Å². The van der Waals surface area contributed by atoms with Gasteiger partial charge >= 0.3 is 0 Å². The lowest BCUT2D eigenvalue weighted by Gasteiger charge is -2.12. The SMILES string of the molecule is Cc1ccc(Cl)c(-n2c(C)cc(C=O)c2C)c1. The maximum absolute atomic E-state index is 10.9. The van der Waals surface area contributed by atoms with Gasteiger partial charge in [0.15, 0.2) is 6.29 Å². The number of halogens is 1. The van der Waals surface area contributed by atoms with Crippen molar-refractivity contribution in [2.24, 2.45) is 0 Å². The van der Waals surface area contributed by atoms with Gasteiger partial charge in [0.05, 0.1) is 10.7 Å². The Labute approximate surface area is 106 Å². The average molecular weight is 248 g/mol. The summed E-state index contributed by atoms with van der Waals surface area (Å²) in [6, 6.07) is 7.75. The number of hydrogen-bond donors (Lipinski definition) is 0. The highest BCUT2D eigenvalue weighted by atomic mass is 35.5. The third-order valence-electron chi connectivity index (χ3n) is 2.94. The van der Waals surface area contributed by atoms with E-state index in [1.54, 1.807) is 0 Å². The van der Waals surface area contributed by atoms with Crippen molar-refractivity contribution in [3.05, 3.63) is 51.8 Å². The number of aryl methyl sites for hydroxylation is 2. The zero-order valence-electron chi connectivity index (χ0n) is 10.1. The molecule has 2 aromatic rings. The molecule has 1 aromatic heterocycles. The van der Waals surface area contributed by atoms with Crippen molar-refractivity contribution in [2.75, 3.05) is 0 Å². The van der Waals surface area contributed by atoms with Gasteiger partial charge in [0.2, 0.25) is 0 Å². The minimum absolute atomic E-state index is 0.690. The molecule has 88 valence electrons. The Hall–Kier alpha value is -1.54. The van der Waals surface area contributed by atoms with E-state index in [0.717, 1.165) is 28.9 Å². The zero-order valence-corrected chi connectivity index (χ0v) is 10.9. The molecule has 1 aromatic carbocycles. The van der Waals surface area contributed by atoms with Crippen LogP contribution in [0.25, 0.3) is 5.69 Å². The summed E-state index contributed by atoms with van der Waals surface area (Å²) in [5, 5.41) is 0.690. The molecule has 0 fully saturated rings. The maximum atomic E-state index is 10.9. The van der Waals surface area contributed by atoms with Crippen LogP contribution in [0.2, 0.25) is 5.02 Å². The molecule has 0 N–H and O–H groups in total. The Morgan fingerprint density at radius 1 is 1.18 bits per heavy atom. The lowest BCUT2D eigenvalue weighted by molar-refractivity contribution is 0.112. The Balaban J connectivity index is 2.72. The first kappa shape index (κ1) is 11.9. The molecule has 3 heteroatoms. The summed E-state index contributed by atoms with van der Waals surface area (Å²) in [5.74, 6) is 0. The van der Waals surface area contributed by atoms with Crippen LogP contribution in [0.1, 0.15) is 27.3 Å². The molecule has 0 saturated heterocycles. The van der Waals surface area contributed by atoms with Crippen LogP contribution in [-0.4, -0.2) is 10.9 Å². The van der Waals surface area contributed by atoms with Crippen molar-refractivity contribution in [1.29, 1.82) is 0 Å². The first-order valence-corrected chi connectivity index (χ1v) is 5.83. The summed E-state index contributed by atoms with van der Waals surface area (Å²) < 4.78 is 2.01. The highest BCUT2D eigenvalue weighted by Crippen LogP contribution is 2.26. The molecule has 0 bridgehead atoms. The van der Waals surface area contributed by atoms with Crippen LogP contribution in [0.4, 0.5) is 0 Å². The average Bonchev–Trinajstić information content (AvgIpc) is 2.58. The molecule has 17 heavy (non-hydrogen) atoms. The van der Waals surface area contributed by atoms with E-state index in [1.807, 2.05) is 49.6 Å². The quantitative estimate of drug-likeness (QED) is 0.739. The van der Waals surface area contributed by atoms with E-state index in [-0.39, 0.29) is 0 Å². The van der Waals surface area contributed by atoms with E-state index in [1.165, 1.54) is 0 Å². The van der Waals surface area contributed by atoms with E-state index >= 15 is 0 Å². The van der Waals surface area contributed by atoms with Crippen molar-refractivity contribution in [3.8, 4) is 5.69 Å². The third kappa shape index (κ3) is 2.01. The second-order valence-corrected chi connectivity index (χ2v) is 4.64. The van der Waals surface area contributed by atoms with E-state index < -0.39 is 0 Å². The van der Waals surface area contributed by atoms with Gasteiger partial charge in [-0.15, -0.1) is 0 Å². The van der Waals surface area contributed by atoms with Gasteiger partial charge in [-0.25, -0.2) is 0 Å². The van der Waals surface area contributed by atoms with Crippen LogP contribution >= 0.6 is 11.6 Å². The summed E-state index contributed by atoms with van der Waals surface area (Å²) in [6.45, 7) is 5.92. The Kier molecular flexibility index (Phi) is 3.07. The first-order valence-electron chi connectivity index (χ1n) is 5.45. The molecule has 0 radical (unpaired) electrons. The number of aldehydes is 1. The summed E-state index contributed by atoms with van der Waals surface area (Å²) in [5.41, 5.74) is 4.71. The molecule has 0 aliphatic rings. The fourth-order valence-electron chi connectivity index (χ4n) is 2.07. The van der Waals surface area contributed by atoms with Gasteiger partial charge in [0.1, 0.15) is 0 Å². The van der Waals surface area contributed by atoms with Gasteiger partial charge in [-0.05, 0) is 44.5 Å². The summed E-state index contributed by atoms with van der Waals surface area (Å²) >= 11 is 6.22. The van der Waals surface area contributed by atoms with Crippen LogP contribution in [0.15, 0.2) is 24.3 Å². The summed E-state index contributed by atoms with van der Waals surface area (Å²) in [7, 11) is 0. The molecule has 0 spiro atoms. The second kappa shape index (κ2) is 4.38. The largest absolute Gasteiger partial charge is 0.316 e. The number of hydrogen-bond acceptors (Lipinski definition) is 1. The van der Waals surface area contributed by atoms with Gasteiger partial charge < -0.3 is 4.57 Å². The lowest BCUT2D eigenvalue weighted by Crippen LogP contribution is -2.00. The van der Waals surface area contributed by atoms with Crippen LogP contribution in [-0.2, 0) is 0 Å². The van der Waals surface area contributed by atoms with Gasteiger partial charge in [-0.3, -0.25) is 4.79 Å². The molecule has 0 aliphatic carbocycles. The Morgan fingerprint density at radius 2 is 1.88 bits per heavy atom. The first-order chi connectivity index (χ1) is 8.04. The van der Waals surface area contributed by atoms with Gasteiger partial charge in [0, 0.05) is 17.0 Å². The molecule has 1 heterocycles. The number of carbonyl (C=O) groups excluding carboxylic acids is 1. The van der Waals surface area contributed by atoms with Gasteiger partial charge in [0.25, 0.3) is 0 Å². The smallest absolute Gasteiger partial charge is 0.151 e. The van der Waals surface area contributed by atoms with E-state index in [9.17, 15) is 4.79 Å². The molecule has 0 unspecified atom stereocenters.